The Morgan fingerprint density at radius 2 is 1.71 bits per heavy atom. The van der Waals surface area contributed by atoms with Crippen molar-refractivity contribution < 1.29 is 9.90 Å². The van der Waals surface area contributed by atoms with Crippen LogP contribution >= 0.6 is 0 Å². The van der Waals surface area contributed by atoms with E-state index in [2.05, 4.69) is 10.6 Å². The molecule has 0 aromatic carbocycles. The molecule has 0 radical (unpaired) electrons. The molecule has 2 heterocycles. The van der Waals surface area contributed by atoms with Crippen LogP contribution in [0.4, 0.5) is 0 Å². The summed E-state index contributed by atoms with van der Waals surface area (Å²) < 4.78 is 0. The fraction of sp³-hybridized carbons (Fsp3) is 0.917. The van der Waals surface area contributed by atoms with E-state index in [-0.39, 0.29) is 11.8 Å². The minimum atomic E-state index is -0.812. The van der Waals surface area contributed by atoms with Gasteiger partial charge in [-0.2, -0.15) is 0 Å². The predicted octanol–water partition coefficient (Wildman–Crippen LogP) is -0.831. The number of carbonyl (C=O) groups is 1. The first-order chi connectivity index (χ1) is 8.13. The Labute approximate surface area is 103 Å². The molecule has 1 unspecified atom stereocenters. The quantitative estimate of drug-likeness (QED) is 0.590. The molecule has 1 amide bonds. The number of nitrogens with one attached hydrogen (secondary N) is 2. The topological polar surface area (TPSA) is 64.6 Å². The number of hydrogen-bond acceptors (Lipinski definition) is 4. The van der Waals surface area contributed by atoms with E-state index in [0.717, 1.165) is 39.3 Å². The summed E-state index contributed by atoms with van der Waals surface area (Å²) in [5.74, 6) is -0.182. The number of aliphatic hydroxyl groups is 1. The van der Waals surface area contributed by atoms with Crippen molar-refractivity contribution in [2.24, 2.45) is 5.92 Å². The van der Waals surface area contributed by atoms with Gasteiger partial charge in [0.2, 0.25) is 5.91 Å². The third-order valence-corrected chi connectivity index (χ3v) is 4.07. The lowest BCUT2D eigenvalue weighted by Gasteiger charge is -2.40. The summed E-state index contributed by atoms with van der Waals surface area (Å²) >= 11 is 0. The lowest BCUT2D eigenvalue weighted by atomic mass is 9.80. The molecule has 2 fully saturated rings. The van der Waals surface area contributed by atoms with Crippen LogP contribution in [-0.4, -0.2) is 60.8 Å². The van der Waals surface area contributed by atoms with Gasteiger partial charge in [-0.1, -0.05) is 6.92 Å². The SMILES string of the molecule is CC(C(=O)N1CCNCC1)C1(O)CCNCC1. The number of rotatable bonds is 2. The molecule has 2 aliphatic rings. The average molecular weight is 241 g/mol. The van der Waals surface area contributed by atoms with Gasteiger partial charge in [0.15, 0.2) is 0 Å². The third kappa shape index (κ3) is 2.78. The minimum Gasteiger partial charge on any atom is -0.389 e. The summed E-state index contributed by atoms with van der Waals surface area (Å²) in [7, 11) is 0. The van der Waals surface area contributed by atoms with Crippen LogP contribution in [0.3, 0.4) is 0 Å². The van der Waals surface area contributed by atoms with Crippen LogP contribution in [0.25, 0.3) is 0 Å². The number of piperidine rings is 1. The molecule has 1 atom stereocenters. The van der Waals surface area contributed by atoms with Gasteiger partial charge in [-0.15, -0.1) is 0 Å². The number of piperazine rings is 1. The van der Waals surface area contributed by atoms with E-state index < -0.39 is 5.60 Å². The van der Waals surface area contributed by atoms with Crippen molar-refractivity contribution >= 4 is 5.91 Å². The molecule has 5 nitrogen and oxygen atoms in total. The summed E-state index contributed by atoms with van der Waals surface area (Å²) in [6, 6.07) is 0. The van der Waals surface area contributed by atoms with Gasteiger partial charge in [0.1, 0.15) is 0 Å². The second-order valence-electron chi connectivity index (χ2n) is 5.15. The molecule has 2 saturated heterocycles. The predicted molar refractivity (Wildman–Crippen MR) is 65.7 cm³/mol. The van der Waals surface area contributed by atoms with Crippen molar-refractivity contribution in [2.75, 3.05) is 39.3 Å². The molecule has 0 bridgehead atoms. The van der Waals surface area contributed by atoms with Gasteiger partial charge < -0.3 is 20.6 Å². The summed E-state index contributed by atoms with van der Waals surface area (Å²) in [6.45, 7) is 6.72. The highest BCUT2D eigenvalue weighted by Gasteiger charge is 2.40. The molecule has 0 spiro atoms. The summed E-state index contributed by atoms with van der Waals surface area (Å²) in [4.78, 5) is 14.2. The van der Waals surface area contributed by atoms with Crippen LogP contribution in [-0.2, 0) is 4.79 Å². The Bertz CT molecular complexity index is 271. The largest absolute Gasteiger partial charge is 0.389 e. The molecule has 2 aliphatic heterocycles. The van der Waals surface area contributed by atoms with Crippen LogP contribution in [0.2, 0.25) is 0 Å². The van der Waals surface area contributed by atoms with Crippen LogP contribution in [0.5, 0.6) is 0 Å². The summed E-state index contributed by atoms with van der Waals surface area (Å²) in [5, 5.41) is 17.0. The van der Waals surface area contributed by atoms with Crippen molar-refractivity contribution in [1.29, 1.82) is 0 Å². The smallest absolute Gasteiger partial charge is 0.228 e. The van der Waals surface area contributed by atoms with Crippen LogP contribution < -0.4 is 10.6 Å². The van der Waals surface area contributed by atoms with E-state index in [1.807, 2.05) is 11.8 Å². The number of hydrogen-bond donors (Lipinski definition) is 3. The first kappa shape index (κ1) is 12.8. The number of nitrogens with zero attached hydrogens (tertiary/aromatic N) is 1. The molecule has 98 valence electrons. The van der Waals surface area contributed by atoms with Crippen LogP contribution in [0.1, 0.15) is 19.8 Å². The fourth-order valence-corrected chi connectivity index (χ4v) is 2.68. The van der Waals surface area contributed by atoms with Crippen LogP contribution in [0, 0.1) is 5.92 Å². The highest BCUT2D eigenvalue weighted by atomic mass is 16.3. The number of carbonyl (C=O) groups excluding carboxylic acids is 1. The molecule has 0 aromatic rings. The maximum atomic E-state index is 12.3. The Hall–Kier alpha value is -0.650. The number of amides is 1. The minimum absolute atomic E-state index is 0.107. The van der Waals surface area contributed by atoms with Gasteiger partial charge >= 0.3 is 0 Å². The van der Waals surface area contributed by atoms with Crippen molar-refractivity contribution in [1.82, 2.24) is 15.5 Å². The molecule has 0 aromatic heterocycles. The van der Waals surface area contributed by atoms with Crippen molar-refractivity contribution in [3.63, 3.8) is 0 Å². The molecule has 17 heavy (non-hydrogen) atoms. The first-order valence-electron chi connectivity index (χ1n) is 6.56. The van der Waals surface area contributed by atoms with Gasteiger partial charge in [0.25, 0.3) is 0 Å². The molecule has 5 heteroatoms. The Morgan fingerprint density at radius 3 is 2.29 bits per heavy atom. The van der Waals surface area contributed by atoms with Gasteiger partial charge in [0.05, 0.1) is 11.5 Å². The molecule has 0 saturated carbocycles. The molecule has 3 N–H and O–H groups in total. The zero-order chi connectivity index (χ0) is 12.3. The summed E-state index contributed by atoms with van der Waals surface area (Å²) in [5.41, 5.74) is -0.812. The standard InChI is InChI=1S/C12H23N3O2/c1-10(12(17)2-4-13-5-3-12)11(16)15-8-6-14-7-9-15/h10,13-14,17H,2-9H2,1H3. The second-order valence-corrected chi connectivity index (χ2v) is 5.15. The van der Waals surface area contributed by atoms with Gasteiger partial charge in [-0.3, -0.25) is 4.79 Å². The summed E-state index contributed by atoms with van der Waals surface area (Å²) in [6.07, 6.45) is 1.35. The molecule has 2 rings (SSSR count). The van der Waals surface area contributed by atoms with E-state index in [1.54, 1.807) is 0 Å². The normalized spacial score (nSPS) is 26.6. The van der Waals surface area contributed by atoms with Gasteiger partial charge in [-0.25, -0.2) is 0 Å². The average Bonchev–Trinajstić information content (AvgIpc) is 2.39. The van der Waals surface area contributed by atoms with Crippen LogP contribution in [0.15, 0.2) is 0 Å². The van der Waals surface area contributed by atoms with E-state index in [9.17, 15) is 9.90 Å². The van der Waals surface area contributed by atoms with E-state index >= 15 is 0 Å². The Morgan fingerprint density at radius 1 is 1.18 bits per heavy atom. The van der Waals surface area contributed by atoms with Gasteiger partial charge in [-0.05, 0) is 25.9 Å². The molecular formula is C12H23N3O2. The monoisotopic (exact) mass is 241 g/mol. The maximum Gasteiger partial charge on any atom is 0.228 e. The fourth-order valence-electron chi connectivity index (χ4n) is 2.68. The first-order valence-corrected chi connectivity index (χ1v) is 6.56. The zero-order valence-electron chi connectivity index (χ0n) is 10.5. The maximum absolute atomic E-state index is 12.3. The van der Waals surface area contributed by atoms with Crippen molar-refractivity contribution in [2.45, 2.75) is 25.4 Å². The Balaban J connectivity index is 1.97. The zero-order valence-corrected chi connectivity index (χ0v) is 10.5. The third-order valence-electron chi connectivity index (χ3n) is 4.07. The van der Waals surface area contributed by atoms with E-state index in [1.165, 1.54) is 0 Å². The lowest BCUT2D eigenvalue weighted by molar-refractivity contribution is -0.146. The highest BCUT2D eigenvalue weighted by molar-refractivity contribution is 5.79. The Kier molecular flexibility index (Phi) is 4.01. The molecule has 0 aliphatic carbocycles. The van der Waals surface area contributed by atoms with Crippen molar-refractivity contribution in [3.8, 4) is 0 Å². The van der Waals surface area contributed by atoms with Gasteiger partial charge in [0, 0.05) is 26.2 Å². The molecular weight excluding hydrogens is 218 g/mol. The van der Waals surface area contributed by atoms with E-state index in [4.69, 9.17) is 0 Å². The van der Waals surface area contributed by atoms with E-state index in [0.29, 0.717) is 12.8 Å². The second kappa shape index (κ2) is 5.33. The highest BCUT2D eigenvalue weighted by Crippen LogP contribution is 2.28. The van der Waals surface area contributed by atoms with Crippen molar-refractivity contribution in [3.05, 3.63) is 0 Å². The lowest BCUT2D eigenvalue weighted by Crippen LogP contribution is -2.55.